The van der Waals surface area contributed by atoms with Crippen molar-refractivity contribution >= 4 is 21.8 Å². The molecule has 3 heteroatoms. The summed E-state index contributed by atoms with van der Waals surface area (Å²) >= 11 is 0. The zero-order valence-corrected chi connectivity index (χ0v) is 13.0. The Morgan fingerprint density at radius 1 is 1.09 bits per heavy atom. The SMILES string of the molecule is Cc1ccc2ncc3ncc(CCC4CCNC4)cc3c2c1. The van der Waals surface area contributed by atoms with E-state index in [0.29, 0.717) is 0 Å². The molecule has 0 radical (unpaired) electrons. The van der Waals surface area contributed by atoms with Gasteiger partial charge >= 0.3 is 0 Å². The van der Waals surface area contributed by atoms with Crippen LogP contribution in [-0.4, -0.2) is 23.1 Å². The van der Waals surface area contributed by atoms with Crippen LogP contribution in [0.3, 0.4) is 0 Å². The molecule has 0 bridgehead atoms. The molecule has 1 fully saturated rings. The highest BCUT2D eigenvalue weighted by Crippen LogP contribution is 2.25. The van der Waals surface area contributed by atoms with Crippen molar-refractivity contribution in [1.82, 2.24) is 15.3 Å². The third-order valence-corrected chi connectivity index (χ3v) is 4.75. The molecule has 4 rings (SSSR count). The number of aryl methyl sites for hydroxylation is 2. The van der Waals surface area contributed by atoms with Gasteiger partial charge in [0.15, 0.2) is 0 Å². The zero-order valence-electron chi connectivity index (χ0n) is 13.0. The summed E-state index contributed by atoms with van der Waals surface area (Å²) in [5.41, 5.74) is 4.65. The predicted octanol–water partition coefficient (Wildman–Crippen LogP) is 3.63. The Bertz CT molecular complexity index is 819. The summed E-state index contributed by atoms with van der Waals surface area (Å²) in [5.74, 6) is 0.826. The fourth-order valence-corrected chi connectivity index (χ4v) is 3.41. The molecule has 3 nitrogen and oxygen atoms in total. The van der Waals surface area contributed by atoms with E-state index in [1.165, 1.54) is 47.8 Å². The highest BCUT2D eigenvalue weighted by Gasteiger charge is 2.14. The molecule has 0 saturated carbocycles. The average molecular weight is 291 g/mol. The molecule has 112 valence electrons. The molecule has 22 heavy (non-hydrogen) atoms. The largest absolute Gasteiger partial charge is 0.316 e. The van der Waals surface area contributed by atoms with Crippen LogP contribution in [0.25, 0.3) is 21.8 Å². The lowest BCUT2D eigenvalue weighted by Crippen LogP contribution is -2.09. The molecule has 1 saturated heterocycles. The van der Waals surface area contributed by atoms with Crippen molar-refractivity contribution in [3.05, 3.63) is 47.8 Å². The molecule has 0 aliphatic carbocycles. The lowest BCUT2D eigenvalue weighted by atomic mass is 9.98. The number of nitrogens with zero attached hydrogens (tertiary/aromatic N) is 2. The monoisotopic (exact) mass is 291 g/mol. The molecular weight excluding hydrogens is 270 g/mol. The maximum absolute atomic E-state index is 4.63. The summed E-state index contributed by atoms with van der Waals surface area (Å²) in [7, 11) is 0. The molecule has 0 spiro atoms. The molecule has 1 aliphatic rings. The summed E-state index contributed by atoms with van der Waals surface area (Å²) in [6, 6.07) is 8.75. The van der Waals surface area contributed by atoms with Crippen molar-refractivity contribution < 1.29 is 0 Å². The van der Waals surface area contributed by atoms with Crippen molar-refractivity contribution in [2.45, 2.75) is 26.2 Å². The second kappa shape index (κ2) is 5.65. The van der Waals surface area contributed by atoms with E-state index >= 15 is 0 Å². The maximum atomic E-state index is 4.63. The Morgan fingerprint density at radius 3 is 2.82 bits per heavy atom. The predicted molar refractivity (Wildman–Crippen MR) is 91.1 cm³/mol. The number of benzene rings is 1. The summed E-state index contributed by atoms with van der Waals surface area (Å²) in [6.45, 7) is 4.48. The van der Waals surface area contributed by atoms with Crippen molar-refractivity contribution in [1.29, 1.82) is 0 Å². The normalized spacial score (nSPS) is 18.3. The van der Waals surface area contributed by atoms with E-state index in [0.717, 1.165) is 23.4 Å². The van der Waals surface area contributed by atoms with Gasteiger partial charge in [-0.25, -0.2) is 0 Å². The van der Waals surface area contributed by atoms with Gasteiger partial charge in [0.2, 0.25) is 0 Å². The Hall–Kier alpha value is -2.00. The number of nitrogens with one attached hydrogen (secondary N) is 1. The van der Waals surface area contributed by atoms with Gasteiger partial charge in [-0.05, 0) is 69.0 Å². The van der Waals surface area contributed by atoms with Gasteiger partial charge in [-0.2, -0.15) is 0 Å². The van der Waals surface area contributed by atoms with Crippen LogP contribution in [0.2, 0.25) is 0 Å². The van der Waals surface area contributed by atoms with Gasteiger partial charge in [0, 0.05) is 17.0 Å². The highest BCUT2D eigenvalue weighted by atomic mass is 14.9. The maximum Gasteiger partial charge on any atom is 0.0891 e. The van der Waals surface area contributed by atoms with E-state index in [9.17, 15) is 0 Å². The third kappa shape index (κ3) is 2.57. The number of fused-ring (bicyclic) bond motifs is 3. The average Bonchev–Trinajstić information content (AvgIpc) is 3.06. The van der Waals surface area contributed by atoms with Crippen LogP contribution >= 0.6 is 0 Å². The number of pyridine rings is 2. The van der Waals surface area contributed by atoms with E-state index in [2.05, 4.69) is 46.5 Å². The minimum absolute atomic E-state index is 0.826. The van der Waals surface area contributed by atoms with E-state index in [1.807, 2.05) is 12.4 Å². The van der Waals surface area contributed by atoms with Crippen molar-refractivity contribution in [3.63, 3.8) is 0 Å². The van der Waals surface area contributed by atoms with Crippen molar-refractivity contribution in [3.8, 4) is 0 Å². The van der Waals surface area contributed by atoms with Crippen LogP contribution in [0, 0.1) is 12.8 Å². The van der Waals surface area contributed by atoms with Crippen LogP contribution in [-0.2, 0) is 6.42 Å². The lowest BCUT2D eigenvalue weighted by Gasteiger charge is -2.09. The fraction of sp³-hybridized carbons (Fsp3) is 0.368. The topological polar surface area (TPSA) is 37.8 Å². The molecule has 1 atom stereocenters. The first-order chi connectivity index (χ1) is 10.8. The van der Waals surface area contributed by atoms with Crippen LogP contribution in [0.4, 0.5) is 0 Å². The van der Waals surface area contributed by atoms with E-state index in [-0.39, 0.29) is 0 Å². The Labute approximate surface area is 130 Å². The minimum atomic E-state index is 0.826. The molecule has 1 aliphatic heterocycles. The Kier molecular flexibility index (Phi) is 3.51. The smallest absolute Gasteiger partial charge is 0.0891 e. The van der Waals surface area contributed by atoms with E-state index in [1.54, 1.807) is 0 Å². The van der Waals surface area contributed by atoms with Gasteiger partial charge < -0.3 is 5.32 Å². The fourth-order valence-electron chi connectivity index (χ4n) is 3.41. The first kappa shape index (κ1) is 13.6. The van der Waals surface area contributed by atoms with Gasteiger partial charge in [0.25, 0.3) is 0 Å². The first-order valence-corrected chi connectivity index (χ1v) is 8.14. The molecule has 0 amide bonds. The van der Waals surface area contributed by atoms with Gasteiger partial charge in [-0.1, -0.05) is 11.6 Å². The Morgan fingerprint density at radius 2 is 1.95 bits per heavy atom. The van der Waals surface area contributed by atoms with Gasteiger partial charge in [-0.15, -0.1) is 0 Å². The number of aromatic nitrogens is 2. The molecule has 1 N–H and O–H groups in total. The molecule has 1 aromatic carbocycles. The summed E-state index contributed by atoms with van der Waals surface area (Å²) in [4.78, 5) is 9.15. The van der Waals surface area contributed by atoms with E-state index < -0.39 is 0 Å². The molecule has 3 heterocycles. The van der Waals surface area contributed by atoms with Gasteiger partial charge in [0.1, 0.15) is 0 Å². The highest BCUT2D eigenvalue weighted by molar-refractivity contribution is 6.04. The lowest BCUT2D eigenvalue weighted by molar-refractivity contribution is 0.532. The molecular formula is C19H21N3. The summed E-state index contributed by atoms with van der Waals surface area (Å²) in [6.07, 6.45) is 7.59. The number of rotatable bonds is 3. The molecule has 3 aromatic rings. The second-order valence-corrected chi connectivity index (χ2v) is 6.45. The molecule has 2 aromatic heterocycles. The van der Waals surface area contributed by atoms with Crippen molar-refractivity contribution in [2.75, 3.05) is 13.1 Å². The zero-order chi connectivity index (χ0) is 14.9. The van der Waals surface area contributed by atoms with Crippen molar-refractivity contribution in [2.24, 2.45) is 5.92 Å². The van der Waals surface area contributed by atoms with E-state index in [4.69, 9.17) is 0 Å². The minimum Gasteiger partial charge on any atom is -0.316 e. The standard InChI is InChI=1S/C19H21N3/c1-13-2-5-18-16(8-13)17-9-15(11-21-19(17)12-22-18)4-3-14-6-7-20-10-14/h2,5,8-9,11-12,14,20H,3-4,6-7,10H2,1H3. The summed E-state index contributed by atoms with van der Waals surface area (Å²) < 4.78 is 0. The molecule has 1 unspecified atom stereocenters. The second-order valence-electron chi connectivity index (χ2n) is 6.45. The van der Waals surface area contributed by atoms with Crippen LogP contribution in [0.5, 0.6) is 0 Å². The first-order valence-electron chi connectivity index (χ1n) is 8.14. The van der Waals surface area contributed by atoms with Crippen LogP contribution in [0.15, 0.2) is 36.7 Å². The van der Waals surface area contributed by atoms with Crippen LogP contribution in [0.1, 0.15) is 24.0 Å². The quantitative estimate of drug-likeness (QED) is 0.749. The number of hydrogen-bond acceptors (Lipinski definition) is 3. The van der Waals surface area contributed by atoms with Crippen LogP contribution < -0.4 is 5.32 Å². The van der Waals surface area contributed by atoms with Gasteiger partial charge in [-0.3, -0.25) is 9.97 Å². The summed E-state index contributed by atoms with van der Waals surface area (Å²) in [5, 5.41) is 5.89. The third-order valence-electron chi connectivity index (χ3n) is 4.75. The number of hydrogen-bond donors (Lipinski definition) is 1. The van der Waals surface area contributed by atoms with Gasteiger partial charge in [0.05, 0.1) is 17.2 Å². The Balaban J connectivity index is 1.71.